The van der Waals surface area contributed by atoms with Crippen LogP contribution in [0.25, 0.3) is 0 Å². The highest BCUT2D eigenvalue weighted by molar-refractivity contribution is 5.91. The molecule has 0 heterocycles. The Labute approximate surface area is 81.1 Å². The predicted molar refractivity (Wildman–Crippen MR) is 49.1 cm³/mol. The molecule has 4 heteroatoms. The Morgan fingerprint density at radius 2 is 2.14 bits per heavy atom. The quantitative estimate of drug-likeness (QED) is 0.810. The molecule has 0 unspecified atom stereocenters. The van der Waals surface area contributed by atoms with Gasteiger partial charge in [-0.2, -0.15) is 0 Å². The number of halogens is 1. The van der Waals surface area contributed by atoms with Crippen molar-refractivity contribution < 1.29 is 19.0 Å². The van der Waals surface area contributed by atoms with E-state index in [2.05, 4.69) is 0 Å². The van der Waals surface area contributed by atoms with Gasteiger partial charge in [0.05, 0.1) is 6.10 Å². The van der Waals surface area contributed by atoms with E-state index in [0.717, 1.165) is 6.07 Å². The van der Waals surface area contributed by atoms with E-state index in [1.807, 2.05) is 0 Å². The zero-order chi connectivity index (χ0) is 10.7. The second kappa shape index (κ2) is 4.09. The largest absolute Gasteiger partial charge is 0.490 e. The molecule has 1 N–H and O–H groups in total. The van der Waals surface area contributed by atoms with Crippen molar-refractivity contribution in [2.75, 3.05) is 0 Å². The van der Waals surface area contributed by atoms with Crippen LogP contribution in [-0.4, -0.2) is 17.2 Å². The van der Waals surface area contributed by atoms with Gasteiger partial charge in [-0.05, 0) is 26.0 Å². The molecule has 1 rings (SSSR count). The Hall–Kier alpha value is -1.58. The molecule has 0 saturated heterocycles. The second-order valence-electron chi connectivity index (χ2n) is 3.08. The molecule has 3 nitrogen and oxygen atoms in total. The number of hydrogen-bond donors (Lipinski definition) is 1. The minimum atomic E-state index is -1.32. The van der Waals surface area contributed by atoms with Gasteiger partial charge >= 0.3 is 5.97 Å². The van der Waals surface area contributed by atoms with Crippen LogP contribution in [0.15, 0.2) is 18.2 Å². The monoisotopic (exact) mass is 198 g/mol. The van der Waals surface area contributed by atoms with Crippen molar-refractivity contribution in [3.63, 3.8) is 0 Å². The molecule has 0 aliphatic heterocycles. The van der Waals surface area contributed by atoms with Crippen LogP contribution in [0.2, 0.25) is 0 Å². The molecule has 0 atom stereocenters. The van der Waals surface area contributed by atoms with Crippen molar-refractivity contribution in [2.24, 2.45) is 0 Å². The van der Waals surface area contributed by atoms with E-state index in [0.29, 0.717) is 0 Å². The van der Waals surface area contributed by atoms with Crippen LogP contribution in [-0.2, 0) is 0 Å². The Morgan fingerprint density at radius 1 is 1.50 bits per heavy atom. The average molecular weight is 198 g/mol. The minimum absolute atomic E-state index is 0.0625. The van der Waals surface area contributed by atoms with Gasteiger partial charge in [0, 0.05) is 0 Å². The lowest BCUT2D eigenvalue weighted by molar-refractivity contribution is 0.0685. The SMILES string of the molecule is CC(C)Oc1cccc(F)c1C(=O)O. The molecule has 0 aromatic heterocycles. The maximum Gasteiger partial charge on any atom is 0.342 e. The molecule has 0 aliphatic carbocycles. The van der Waals surface area contributed by atoms with Crippen molar-refractivity contribution in [2.45, 2.75) is 20.0 Å². The van der Waals surface area contributed by atoms with Crippen LogP contribution >= 0.6 is 0 Å². The Kier molecular flexibility index (Phi) is 3.06. The van der Waals surface area contributed by atoms with Gasteiger partial charge in [-0.25, -0.2) is 9.18 Å². The summed E-state index contributed by atoms with van der Waals surface area (Å²) in [6, 6.07) is 3.95. The predicted octanol–water partition coefficient (Wildman–Crippen LogP) is 2.31. The van der Waals surface area contributed by atoms with Crippen LogP contribution in [0.1, 0.15) is 24.2 Å². The highest BCUT2D eigenvalue weighted by Gasteiger charge is 2.17. The van der Waals surface area contributed by atoms with Gasteiger partial charge < -0.3 is 9.84 Å². The van der Waals surface area contributed by atoms with Crippen molar-refractivity contribution >= 4 is 5.97 Å². The molecular weight excluding hydrogens is 187 g/mol. The van der Waals surface area contributed by atoms with Crippen LogP contribution in [0, 0.1) is 5.82 Å². The van der Waals surface area contributed by atoms with Gasteiger partial charge in [0.1, 0.15) is 17.1 Å². The number of ether oxygens (including phenoxy) is 1. The highest BCUT2D eigenvalue weighted by Crippen LogP contribution is 2.22. The Bertz CT molecular complexity index is 347. The summed E-state index contributed by atoms with van der Waals surface area (Å²) in [6.07, 6.45) is -0.185. The van der Waals surface area contributed by atoms with Crippen LogP contribution in [0.3, 0.4) is 0 Å². The first-order chi connectivity index (χ1) is 6.52. The number of aromatic carboxylic acids is 1. The van der Waals surface area contributed by atoms with Crippen LogP contribution in [0.4, 0.5) is 4.39 Å². The number of benzene rings is 1. The third-order valence-corrected chi connectivity index (χ3v) is 1.55. The van der Waals surface area contributed by atoms with E-state index in [4.69, 9.17) is 9.84 Å². The van der Waals surface area contributed by atoms with E-state index in [1.54, 1.807) is 13.8 Å². The van der Waals surface area contributed by atoms with Gasteiger partial charge in [0.25, 0.3) is 0 Å². The van der Waals surface area contributed by atoms with Crippen LogP contribution < -0.4 is 4.74 Å². The lowest BCUT2D eigenvalue weighted by Crippen LogP contribution is -2.11. The number of carboxylic acid groups (broad SMARTS) is 1. The van der Waals surface area contributed by atoms with Crippen molar-refractivity contribution in [1.82, 2.24) is 0 Å². The highest BCUT2D eigenvalue weighted by atomic mass is 19.1. The smallest absolute Gasteiger partial charge is 0.342 e. The minimum Gasteiger partial charge on any atom is -0.490 e. The molecule has 14 heavy (non-hydrogen) atoms. The zero-order valence-corrected chi connectivity index (χ0v) is 7.95. The summed E-state index contributed by atoms with van der Waals surface area (Å²) in [4.78, 5) is 10.7. The van der Waals surface area contributed by atoms with Gasteiger partial charge in [-0.15, -0.1) is 0 Å². The maximum atomic E-state index is 13.1. The number of hydrogen-bond acceptors (Lipinski definition) is 2. The lowest BCUT2D eigenvalue weighted by Gasteiger charge is -2.12. The molecule has 1 aromatic rings. The first-order valence-electron chi connectivity index (χ1n) is 4.21. The van der Waals surface area contributed by atoms with E-state index < -0.39 is 17.3 Å². The summed E-state index contributed by atoms with van der Waals surface area (Å²) in [6.45, 7) is 3.49. The molecule has 1 aromatic carbocycles. The first-order valence-corrected chi connectivity index (χ1v) is 4.21. The van der Waals surface area contributed by atoms with E-state index >= 15 is 0 Å². The molecule has 0 radical (unpaired) electrons. The Balaban J connectivity index is 3.14. The van der Waals surface area contributed by atoms with Gasteiger partial charge in [-0.1, -0.05) is 6.07 Å². The molecule has 0 bridgehead atoms. The standard InChI is InChI=1S/C10H11FO3/c1-6(2)14-8-5-3-4-7(11)9(8)10(12)13/h3-6H,1-2H3,(H,12,13). The molecular formula is C10H11FO3. The number of carbonyl (C=O) groups is 1. The molecule has 0 fully saturated rings. The fourth-order valence-electron chi connectivity index (χ4n) is 1.06. The van der Waals surface area contributed by atoms with E-state index in [9.17, 15) is 9.18 Å². The normalized spacial score (nSPS) is 10.3. The number of rotatable bonds is 3. The first kappa shape index (κ1) is 10.5. The fourth-order valence-corrected chi connectivity index (χ4v) is 1.06. The number of carboxylic acids is 1. The summed E-state index contributed by atoms with van der Waals surface area (Å²) in [5.41, 5.74) is -0.416. The van der Waals surface area contributed by atoms with Crippen LogP contribution in [0.5, 0.6) is 5.75 Å². The molecule has 0 spiro atoms. The van der Waals surface area contributed by atoms with Gasteiger partial charge in [0.15, 0.2) is 0 Å². The molecule has 0 saturated carbocycles. The van der Waals surface area contributed by atoms with Crippen molar-refractivity contribution in [3.05, 3.63) is 29.6 Å². The van der Waals surface area contributed by atoms with Gasteiger partial charge in [0.2, 0.25) is 0 Å². The molecule has 0 aliphatic rings. The summed E-state index contributed by atoms with van der Waals surface area (Å²) in [7, 11) is 0. The van der Waals surface area contributed by atoms with E-state index in [1.165, 1.54) is 12.1 Å². The lowest BCUT2D eigenvalue weighted by atomic mass is 10.2. The third kappa shape index (κ3) is 2.22. The summed E-state index contributed by atoms with van der Waals surface area (Å²) in [5, 5.41) is 8.74. The Morgan fingerprint density at radius 3 is 2.64 bits per heavy atom. The molecule has 76 valence electrons. The van der Waals surface area contributed by atoms with E-state index in [-0.39, 0.29) is 11.9 Å². The topological polar surface area (TPSA) is 46.5 Å². The summed E-state index contributed by atoms with van der Waals surface area (Å²) >= 11 is 0. The van der Waals surface area contributed by atoms with Gasteiger partial charge in [-0.3, -0.25) is 0 Å². The summed E-state index contributed by atoms with van der Waals surface area (Å²) < 4.78 is 18.3. The summed E-state index contributed by atoms with van der Waals surface area (Å²) in [5.74, 6) is -2.04. The zero-order valence-electron chi connectivity index (χ0n) is 7.95. The second-order valence-corrected chi connectivity index (χ2v) is 3.08. The average Bonchev–Trinajstić information content (AvgIpc) is 2.01. The van der Waals surface area contributed by atoms with Crippen molar-refractivity contribution in [1.29, 1.82) is 0 Å². The third-order valence-electron chi connectivity index (χ3n) is 1.55. The van der Waals surface area contributed by atoms with Crippen molar-refractivity contribution in [3.8, 4) is 5.75 Å². The maximum absolute atomic E-state index is 13.1. The molecule has 0 amide bonds. The fraction of sp³-hybridized carbons (Fsp3) is 0.300.